The highest BCUT2D eigenvalue weighted by atomic mass is 79.9. The van der Waals surface area contributed by atoms with E-state index in [1.165, 1.54) is 11.1 Å². The van der Waals surface area contributed by atoms with Crippen molar-refractivity contribution < 1.29 is 0 Å². The van der Waals surface area contributed by atoms with Gasteiger partial charge in [0.05, 0.1) is 11.4 Å². The molecule has 0 fully saturated rings. The maximum absolute atomic E-state index is 4.48. The van der Waals surface area contributed by atoms with Crippen LogP contribution >= 0.6 is 39.0 Å². The first-order valence-corrected chi connectivity index (χ1v) is 10.8. The van der Waals surface area contributed by atoms with E-state index in [1.54, 1.807) is 23.1 Å². The van der Waals surface area contributed by atoms with Crippen molar-refractivity contribution in [3.8, 4) is 10.7 Å². The van der Waals surface area contributed by atoms with Crippen LogP contribution in [0.4, 0.5) is 0 Å². The zero-order valence-electron chi connectivity index (χ0n) is 13.9. The summed E-state index contributed by atoms with van der Waals surface area (Å²) in [5, 5.41) is 12.0. The lowest BCUT2D eigenvalue weighted by Gasteiger charge is -2.10. The van der Waals surface area contributed by atoms with Crippen molar-refractivity contribution in [1.29, 1.82) is 0 Å². The minimum absolute atomic E-state index is 0.768. The smallest absolute Gasteiger partial charge is 0.192 e. The molecule has 2 heterocycles. The molecule has 0 atom stereocenters. The number of aromatic nitrogens is 3. The van der Waals surface area contributed by atoms with E-state index in [1.807, 2.05) is 6.07 Å². The van der Waals surface area contributed by atoms with Gasteiger partial charge in [-0.25, -0.2) is 0 Å². The Labute approximate surface area is 169 Å². The van der Waals surface area contributed by atoms with Crippen molar-refractivity contribution in [3.63, 3.8) is 0 Å². The Hall–Kier alpha value is -1.89. The van der Waals surface area contributed by atoms with E-state index in [9.17, 15) is 0 Å². The van der Waals surface area contributed by atoms with E-state index in [4.69, 9.17) is 0 Å². The molecule has 0 N–H and O–H groups in total. The lowest BCUT2D eigenvalue weighted by atomic mass is 10.2. The molecule has 0 amide bonds. The molecule has 0 radical (unpaired) electrons. The Morgan fingerprint density at radius 2 is 1.69 bits per heavy atom. The summed E-state index contributed by atoms with van der Waals surface area (Å²) in [6.45, 7) is 0.768. The average molecular weight is 442 g/mol. The fourth-order valence-corrected chi connectivity index (χ4v) is 4.50. The van der Waals surface area contributed by atoms with Crippen LogP contribution in [-0.4, -0.2) is 14.8 Å². The van der Waals surface area contributed by atoms with Crippen molar-refractivity contribution in [2.24, 2.45) is 0 Å². The third kappa shape index (κ3) is 4.09. The molecule has 0 spiro atoms. The maximum Gasteiger partial charge on any atom is 0.192 e. The molecule has 4 rings (SSSR count). The molecule has 0 aliphatic carbocycles. The Morgan fingerprint density at radius 3 is 2.42 bits per heavy atom. The molecule has 0 saturated carbocycles. The van der Waals surface area contributed by atoms with Gasteiger partial charge in [-0.15, -0.1) is 21.5 Å². The van der Waals surface area contributed by atoms with Gasteiger partial charge in [-0.3, -0.25) is 4.57 Å². The van der Waals surface area contributed by atoms with Crippen LogP contribution in [0.2, 0.25) is 0 Å². The van der Waals surface area contributed by atoms with Crippen LogP contribution in [0, 0.1) is 0 Å². The molecule has 0 bridgehead atoms. The summed E-state index contributed by atoms with van der Waals surface area (Å²) in [7, 11) is 0. The van der Waals surface area contributed by atoms with Crippen molar-refractivity contribution >= 4 is 39.0 Å². The van der Waals surface area contributed by atoms with Gasteiger partial charge in [-0.1, -0.05) is 76.2 Å². The molecule has 0 aliphatic heterocycles. The Morgan fingerprint density at radius 1 is 0.885 bits per heavy atom. The highest BCUT2D eigenvalue weighted by Gasteiger charge is 2.15. The van der Waals surface area contributed by atoms with Gasteiger partial charge in [0.1, 0.15) is 0 Å². The monoisotopic (exact) mass is 441 g/mol. The quantitative estimate of drug-likeness (QED) is 0.338. The molecule has 3 nitrogen and oxygen atoms in total. The number of rotatable bonds is 6. The zero-order valence-corrected chi connectivity index (χ0v) is 17.1. The van der Waals surface area contributed by atoms with Crippen molar-refractivity contribution in [1.82, 2.24) is 14.8 Å². The highest BCUT2D eigenvalue weighted by molar-refractivity contribution is 9.10. The molecule has 26 heavy (non-hydrogen) atoms. The second-order valence-corrected chi connectivity index (χ2v) is 8.58. The lowest BCUT2D eigenvalue weighted by Crippen LogP contribution is -2.03. The first kappa shape index (κ1) is 17.5. The topological polar surface area (TPSA) is 30.7 Å². The fourth-order valence-electron chi connectivity index (χ4n) is 2.62. The standard InChI is InChI=1S/C20H16BrN3S2/c21-17-10-8-16(9-11-17)14-26-20-23-22-19(18-7-4-12-25-18)24(20)13-15-5-2-1-3-6-15/h1-12H,13-14H2. The Bertz CT molecular complexity index is 964. The first-order valence-electron chi connectivity index (χ1n) is 8.18. The Balaban J connectivity index is 1.62. The van der Waals surface area contributed by atoms with Gasteiger partial charge in [0.15, 0.2) is 11.0 Å². The first-order chi connectivity index (χ1) is 12.8. The van der Waals surface area contributed by atoms with E-state index in [0.717, 1.165) is 32.6 Å². The minimum atomic E-state index is 0.768. The normalized spacial score (nSPS) is 11.0. The number of benzene rings is 2. The number of halogens is 1. The summed E-state index contributed by atoms with van der Waals surface area (Å²) < 4.78 is 3.31. The summed E-state index contributed by atoms with van der Waals surface area (Å²) >= 11 is 6.90. The van der Waals surface area contributed by atoms with Gasteiger partial charge in [-0.2, -0.15) is 0 Å². The minimum Gasteiger partial charge on any atom is -0.297 e. The van der Waals surface area contributed by atoms with Gasteiger partial charge < -0.3 is 0 Å². The number of hydrogen-bond donors (Lipinski definition) is 0. The maximum atomic E-state index is 4.48. The van der Waals surface area contributed by atoms with Gasteiger partial charge in [0.2, 0.25) is 0 Å². The molecular weight excluding hydrogens is 426 g/mol. The zero-order chi connectivity index (χ0) is 17.8. The second kappa shape index (κ2) is 8.20. The third-order valence-corrected chi connectivity index (χ3v) is 6.36. The molecule has 2 aromatic heterocycles. The van der Waals surface area contributed by atoms with E-state index >= 15 is 0 Å². The van der Waals surface area contributed by atoms with Crippen LogP contribution in [0.5, 0.6) is 0 Å². The highest BCUT2D eigenvalue weighted by Crippen LogP contribution is 2.29. The number of thioether (sulfide) groups is 1. The van der Waals surface area contributed by atoms with E-state index in [-0.39, 0.29) is 0 Å². The van der Waals surface area contributed by atoms with Gasteiger partial charge >= 0.3 is 0 Å². The molecule has 2 aromatic carbocycles. The lowest BCUT2D eigenvalue weighted by molar-refractivity contribution is 0.715. The Kier molecular flexibility index (Phi) is 5.53. The third-order valence-electron chi connectivity index (χ3n) is 3.92. The molecular formula is C20H16BrN3S2. The summed E-state index contributed by atoms with van der Waals surface area (Å²) in [6, 6.07) is 23.0. The second-order valence-electron chi connectivity index (χ2n) is 5.77. The van der Waals surface area contributed by atoms with Crippen LogP contribution in [-0.2, 0) is 12.3 Å². The molecule has 130 valence electrons. The largest absolute Gasteiger partial charge is 0.297 e. The molecule has 4 aromatic rings. The van der Waals surface area contributed by atoms with Gasteiger partial charge in [0, 0.05) is 10.2 Å². The molecule has 6 heteroatoms. The van der Waals surface area contributed by atoms with E-state index in [2.05, 4.69) is 96.7 Å². The average Bonchev–Trinajstić information content (AvgIpc) is 3.32. The van der Waals surface area contributed by atoms with E-state index in [0.29, 0.717) is 0 Å². The summed E-state index contributed by atoms with van der Waals surface area (Å²) in [6.07, 6.45) is 0. The molecule has 0 unspecified atom stereocenters. The number of nitrogens with zero attached hydrogens (tertiary/aromatic N) is 3. The number of hydrogen-bond acceptors (Lipinski definition) is 4. The SMILES string of the molecule is Brc1ccc(CSc2nnc(-c3cccs3)n2Cc2ccccc2)cc1. The van der Waals surface area contributed by atoms with Crippen LogP contribution in [0.3, 0.4) is 0 Å². The molecule has 0 saturated heterocycles. The van der Waals surface area contributed by atoms with Crippen molar-refractivity contribution in [2.75, 3.05) is 0 Å². The summed E-state index contributed by atoms with van der Waals surface area (Å²) in [5.74, 6) is 1.80. The summed E-state index contributed by atoms with van der Waals surface area (Å²) in [4.78, 5) is 1.14. The van der Waals surface area contributed by atoms with Crippen LogP contribution < -0.4 is 0 Å². The van der Waals surface area contributed by atoms with Crippen LogP contribution in [0.25, 0.3) is 10.7 Å². The van der Waals surface area contributed by atoms with E-state index < -0.39 is 0 Å². The van der Waals surface area contributed by atoms with Crippen LogP contribution in [0.1, 0.15) is 11.1 Å². The van der Waals surface area contributed by atoms with Gasteiger partial charge in [-0.05, 0) is 34.7 Å². The molecule has 0 aliphatic rings. The predicted octanol–water partition coefficient (Wildman–Crippen LogP) is 6.11. The summed E-state index contributed by atoms with van der Waals surface area (Å²) in [5.41, 5.74) is 2.51. The van der Waals surface area contributed by atoms with Crippen molar-refractivity contribution in [3.05, 3.63) is 87.7 Å². The fraction of sp³-hybridized carbons (Fsp3) is 0.100. The van der Waals surface area contributed by atoms with Crippen molar-refractivity contribution in [2.45, 2.75) is 17.5 Å². The van der Waals surface area contributed by atoms with Crippen LogP contribution in [0.15, 0.2) is 81.7 Å². The van der Waals surface area contributed by atoms with Gasteiger partial charge in [0.25, 0.3) is 0 Å². The number of thiophene rings is 1. The predicted molar refractivity (Wildman–Crippen MR) is 113 cm³/mol.